The standard InChI is InChI=1S/C18H23N3S2/c1-2-16-5-3-4-6-17(16)19-18(22)21-10-8-20(9-11-21)13-15-7-12-23-14-15/h3-7,12,14H,2,8-11,13H2,1H3,(H,19,22)/p+1. The number of benzene rings is 1. The molecule has 2 aromatic rings. The summed E-state index contributed by atoms with van der Waals surface area (Å²) in [5.74, 6) is 0. The van der Waals surface area contributed by atoms with Gasteiger partial charge < -0.3 is 15.1 Å². The van der Waals surface area contributed by atoms with E-state index in [9.17, 15) is 0 Å². The molecule has 1 aromatic heterocycles. The number of anilines is 1. The molecule has 0 spiro atoms. The van der Waals surface area contributed by atoms with Crippen LogP contribution in [0.15, 0.2) is 41.1 Å². The lowest BCUT2D eigenvalue weighted by atomic mass is 10.1. The van der Waals surface area contributed by atoms with Crippen molar-refractivity contribution < 1.29 is 4.90 Å². The van der Waals surface area contributed by atoms with Crippen molar-refractivity contribution in [1.82, 2.24) is 4.90 Å². The van der Waals surface area contributed by atoms with Crippen LogP contribution in [0.4, 0.5) is 5.69 Å². The second-order valence-corrected chi connectivity index (χ2v) is 7.15. The molecule has 5 heteroatoms. The van der Waals surface area contributed by atoms with Crippen LogP contribution in [0.2, 0.25) is 0 Å². The molecular formula is C18H24N3S2+. The highest BCUT2D eigenvalue weighted by atomic mass is 32.1. The quantitative estimate of drug-likeness (QED) is 0.830. The molecule has 0 unspecified atom stereocenters. The maximum atomic E-state index is 5.63. The van der Waals surface area contributed by atoms with Crippen molar-refractivity contribution in [3.8, 4) is 0 Å². The van der Waals surface area contributed by atoms with Gasteiger partial charge >= 0.3 is 0 Å². The predicted molar refractivity (Wildman–Crippen MR) is 102 cm³/mol. The molecule has 2 heterocycles. The van der Waals surface area contributed by atoms with Gasteiger partial charge in [-0.2, -0.15) is 11.3 Å². The highest BCUT2D eigenvalue weighted by molar-refractivity contribution is 7.80. The van der Waals surface area contributed by atoms with Gasteiger partial charge in [0, 0.05) is 11.3 Å². The van der Waals surface area contributed by atoms with Gasteiger partial charge in [0.25, 0.3) is 0 Å². The molecule has 1 aliphatic heterocycles. The van der Waals surface area contributed by atoms with E-state index in [1.54, 1.807) is 16.2 Å². The molecule has 0 saturated carbocycles. The first-order valence-corrected chi connectivity index (χ1v) is 9.60. The number of nitrogens with one attached hydrogen (secondary N) is 2. The fraction of sp³-hybridized carbons (Fsp3) is 0.389. The molecule has 1 fully saturated rings. The summed E-state index contributed by atoms with van der Waals surface area (Å²) in [4.78, 5) is 3.95. The number of para-hydroxylation sites is 1. The van der Waals surface area contributed by atoms with Crippen LogP contribution in [-0.2, 0) is 13.0 Å². The Morgan fingerprint density at radius 2 is 2.04 bits per heavy atom. The summed E-state index contributed by atoms with van der Waals surface area (Å²) < 4.78 is 0. The van der Waals surface area contributed by atoms with Crippen LogP contribution < -0.4 is 10.2 Å². The van der Waals surface area contributed by atoms with Crippen LogP contribution in [0.25, 0.3) is 0 Å². The van der Waals surface area contributed by atoms with Gasteiger partial charge in [0.05, 0.1) is 26.2 Å². The van der Waals surface area contributed by atoms with E-state index in [0.29, 0.717) is 0 Å². The SMILES string of the molecule is CCc1ccccc1NC(=S)N1CC[NH+](Cc2ccsc2)CC1. The topological polar surface area (TPSA) is 19.7 Å². The van der Waals surface area contributed by atoms with Crippen LogP contribution >= 0.6 is 23.6 Å². The van der Waals surface area contributed by atoms with Gasteiger partial charge in [-0.15, -0.1) is 0 Å². The monoisotopic (exact) mass is 346 g/mol. The normalized spacial score (nSPS) is 15.6. The van der Waals surface area contributed by atoms with Gasteiger partial charge in [-0.25, -0.2) is 0 Å². The zero-order valence-electron chi connectivity index (χ0n) is 13.5. The lowest BCUT2D eigenvalue weighted by Crippen LogP contribution is -3.13. The number of quaternary nitrogens is 1. The zero-order chi connectivity index (χ0) is 16.1. The molecule has 3 rings (SSSR count). The molecule has 0 amide bonds. The maximum absolute atomic E-state index is 5.63. The zero-order valence-corrected chi connectivity index (χ0v) is 15.2. The van der Waals surface area contributed by atoms with E-state index in [4.69, 9.17) is 12.2 Å². The molecule has 1 saturated heterocycles. The molecule has 0 bridgehead atoms. The second kappa shape index (κ2) is 7.90. The van der Waals surface area contributed by atoms with Crippen molar-refractivity contribution in [3.63, 3.8) is 0 Å². The third kappa shape index (κ3) is 4.31. The Labute approximate surface area is 147 Å². The fourth-order valence-corrected chi connectivity index (χ4v) is 3.99. The molecule has 0 radical (unpaired) electrons. The average molecular weight is 347 g/mol. The summed E-state index contributed by atoms with van der Waals surface area (Å²) in [6.45, 7) is 7.66. The molecule has 122 valence electrons. The van der Waals surface area contributed by atoms with Crippen molar-refractivity contribution in [2.75, 3.05) is 31.5 Å². The number of hydrogen-bond donors (Lipinski definition) is 2. The van der Waals surface area contributed by atoms with Crippen molar-refractivity contribution >= 4 is 34.4 Å². The number of nitrogens with zero attached hydrogens (tertiary/aromatic N) is 1. The molecule has 23 heavy (non-hydrogen) atoms. The van der Waals surface area contributed by atoms with Gasteiger partial charge in [0.15, 0.2) is 5.11 Å². The largest absolute Gasteiger partial charge is 0.338 e. The Kier molecular flexibility index (Phi) is 5.65. The maximum Gasteiger partial charge on any atom is 0.173 e. The van der Waals surface area contributed by atoms with E-state index >= 15 is 0 Å². The van der Waals surface area contributed by atoms with Gasteiger partial charge in [-0.05, 0) is 47.1 Å². The number of piperazine rings is 1. The molecule has 3 nitrogen and oxygen atoms in total. The summed E-state index contributed by atoms with van der Waals surface area (Å²) in [5.41, 5.74) is 3.92. The minimum absolute atomic E-state index is 0.862. The van der Waals surface area contributed by atoms with Gasteiger partial charge in [0.1, 0.15) is 6.54 Å². The smallest absolute Gasteiger partial charge is 0.173 e. The van der Waals surface area contributed by atoms with Crippen LogP contribution in [0.1, 0.15) is 18.1 Å². The minimum Gasteiger partial charge on any atom is -0.338 e. The Morgan fingerprint density at radius 3 is 2.74 bits per heavy atom. The van der Waals surface area contributed by atoms with Gasteiger partial charge in [-0.1, -0.05) is 25.1 Å². The van der Waals surface area contributed by atoms with Crippen molar-refractivity contribution in [1.29, 1.82) is 0 Å². The highest BCUT2D eigenvalue weighted by Crippen LogP contribution is 2.16. The van der Waals surface area contributed by atoms with E-state index in [2.05, 4.69) is 58.2 Å². The number of aryl methyl sites for hydroxylation is 1. The average Bonchev–Trinajstić information content (AvgIpc) is 3.09. The Hall–Kier alpha value is -1.43. The first kappa shape index (κ1) is 16.4. The summed E-state index contributed by atoms with van der Waals surface area (Å²) in [6.07, 6.45) is 1.02. The molecule has 2 N–H and O–H groups in total. The number of thiocarbonyl (C=S) groups is 1. The van der Waals surface area contributed by atoms with Crippen LogP contribution in [-0.4, -0.2) is 36.2 Å². The van der Waals surface area contributed by atoms with Crippen molar-refractivity contribution in [3.05, 3.63) is 52.2 Å². The van der Waals surface area contributed by atoms with Crippen LogP contribution in [0, 0.1) is 0 Å². The first-order chi connectivity index (χ1) is 11.3. The molecule has 0 aliphatic carbocycles. The fourth-order valence-electron chi connectivity index (χ4n) is 3.03. The van der Waals surface area contributed by atoms with E-state index in [-0.39, 0.29) is 0 Å². The molecular weight excluding hydrogens is 322 g/mol. The highest BCUT2D eigenvalue weighted by Gasteiger charge is 2.22. The lowest BCUT2D eigenvalue weighted by molar-refractivity contribution is -0.917. The molecule has 1 aliphatic rings. The van der Waals surface area contributed by atoms with E-state index < -0.39 is 0 Å². The summed E-state index contributed by atoms with van der Waals surface area (Å²) in [5, 5.41) is 8.72. The van der Waals surface area contributed by atoms with Crippen molar-refractivity contribution in [2.45, 2.75) is 19.9 Å². The van der Waals surface area contributed by atoms with Crippen molar-refractivity contribution in [2.24, 2.45) is 0 Å². The van der Waals surface area contributed by atoms with E-state index in [0.717, 1.165) is 49.9 Å². The lowest BCUT2D eigenvalue weighted by Gasteiger charge is -2.34. The Bertz CT molecular complexity index is 631. The predicted octanol–water partition coefficient (Wildman–Crippen LogP) is 2.41. The third-order valence-electron chi connectivity index (χ3n) is 4.43. The number of hydrogen-bond acceptors (Lipinski definition) is 2. The van der Waals surface area contributed by atoms with Gasteiger partial charge in [0.2, 0.25) is 0 Å². The van der Waals surface area contributed by atoms with Crippen LogP contribution in [0.3, 0.4) is 0 Å². The van der Waals surface area contributed by atoms with E-state index in [1.807, 2.05) is 0 Å². The summed E-state index contributed by atoms with van der Waals surface area (Å²) in [7, 11) is 0. The van der Waals surface area contributed by atoms with Crippen LogP contribution in [0.5, 0.6) is 0 Å². The number of rotatable bonds is 4. The van der Waals surface area contributed by atoms with E-state index in [1.165, 1.54) is 11.1 Å². The Balaban J connectivity index is 1.52. The molecule has 1 aromatic carbocycles. The van der Waals surface area contributed by atoms with Gasteiger partial charge in [-0.3, -0.25) is 0 Å². The minimum atomic E-state index is 0.862. The first-order valence-electron chi connectivity index (χ1n) is 8.24. The summed E-state index contributed by atoms with van der Waals surface area (Å²) >= 11 is 7.41. The third-order valence-corrected chi connectivity index (χ3v) is 5.52. The molecule has 0 atom stereocenters. The number of thiophene rings is 1. The summed E-state index contributed by atoms with van der Waals surface area (Å²) in [6, 6.07) is 10.7. The second-order valence-electron chi connectivity index (χ2n) is 5.99. The Morgan fingerprint density at radius 1 is 1.26 bits per heavy atom.